The van der Waals surface area contributed by atoms with Gasteiger partial charge in [-0.15, -0.1) is 0 Å². The van der Waals surface area contributed by atoms with Gasteiger partial charge in [0.25, 0.3) is 5.91 Å². The molecule has 35 heavy (non-hydrogen) atoms. The Kier molecular flexibility index (Phi) is 8.06. The van der Waals surface area contributed by atoms with Crippen molar-refractivity contribution in [1.29, 1.82) is 0 Å². The number of halogens is 2. The Morgan fingerprint density at radius 2 is 1.83 bits per heavy atom. The third kappa shape index (κ3) is 5.66. The molecule has 2 aliphatic rings. The number of nitrogen functional groups attached to an aromatic ring is 1. The Balaban J connectivity index is 1.41. The Bertz CT molecular complexity index is 1040. The van der Waals surface area contributed by atoms with Crippen LogP contribution in [0.25, 0.3) is 0 Å². The van der Waals surface area contributed by atoms with Crippen LogP contribution in [0.15, 0.2) is 24.3 Å². The molecule has 190 valence electrons. The highest BCUT2D eigenvalue weighted by Crippen LogP contribution is 2.35. The molecule has 0 unspecified atom stereocenters. The second-order valence-electron chi connectivity index (χ2n) is 9.75. The summed E-state index contributed by atoms with van der Waals surface area (Å²) < 4.78 is 0. The topological polar surface area (TPSA) is 90.6 Å². The van der Waals surface area contributed by atoms with Crippen molar-refractivity contribution in [2.75, 3.05) is 50.4 Å². The van der Waals surface area contributed by atoms with Gasteiger partial charge in [-0.05, 0) is 43.9 Å². The van der Waals surface area contributed by atoms with E-state index in [2.05, 4.69) is 56.0 Å². The zero-order chi connectivity index (χ0) is 25.2. The number of piperidine rings is 1. The van der Waals surface area contributed by atoms with Crippen molar-refractivity contribution in [2.45, 2.75) is 51.2 Å². The molecule has 0 bridgehead atoms. The van der Waals surface area contributed by atoms with Gasteiger partial charge < -0.3 is 16.0 Å². The average molecular weight is 521 g/mol. The number of nitrogens with zero attached hydrogens (tertiary/aromatic N) is 5. The highest BCUT2D eigenvalue weighted by Gasteiger charge is 2.41. The first-order valence-corrected chi connectivity index (χ1v) is 13.0. The molecule has 2 aromatic rings. The van der Waals surface area contributed by atoms with Gasteiger partial charge in [0.05, 0.1) is 0 Å². The minimum atomic E-state index is -0.393. The zero-order valence-corrected chi connectivity index (χ0v) is 22.2. The second kappa shape index (κ2) is 10.9. The van der Waals surface area contributed by atoms with E-state index in [1.54, 1.807) is 0 Å². The molecular weight excluding hydrogens is 485 g/mol. The number of carbonyl (C=O) groups excluding carboxylic acids is 1. The lowest BCUT2D eigenvalue weighted by Gasteiger charge is -2.53. The van der Waals surface area contributed by atoms with Gasteiger partial charge in [-0.25, -0.2) is 9.97 Å². The maximum atomic E-state index is 12.0. The molecule has 4 rings (SSSR count). The fourth-order valence-corrected chi connectivity index (χ4v) is 5.71. The molecular formula is C25H35Cl2N7O. The molecule has 10 heteroatoms. The van der Waals surface area contributed by atoms with E-state index in [9.17, 15) is 4.79 Å². The normalized spacial score (nSPS) is 21.2. The summed E-state index contributed by atoms with van der Waals surface area (Å²) in [5.74, 6) is 0.257. The first-order chi connectivity index (χ1) is 16.7. The number of carbonyl (C=O) groups is 1. The summed E-state index contributed by atoms with van der Waals surface area (Å²) in [5, 5.41) is 3.51. The van der Waals surface area contributed by atoms with Gasteiger partial charge >= 0.3 is 0 Å². The van der Waals surface area contributed by atoms with E-state index in [0.29, 0.717) is 11.9 Å². The summed E-state index contributed by atoms with van der Waals surface area (Å²) in [7, 11) is 1.53. The number of hydrogen-bond acceptors (Lipinski definition) is 7. The number of benzene rings is 1. The number of nitrogens with one attached hydrogen (secondary N) is 1. The molecule has 1 amide bonds. The van der Waals surface area contributed by atoms with Crippen molar-refractivity contribution in [3.8, 4) is 0 Å². The van der Waals surface area contributed by atoms with Crippen molar-refractivity contribution >= 4 is 40.7 Å². The number of hydrogen-bond donors (Lipinski definition) is 2. The molecule has 0 spiro atoms. The molecule has 3 N–H and O–H groups in total. The summed E-state index contributed by atoms with van der Waals surface area (Å²) in [6.07, 6.45) is 3.29. The predicted molar refractivity (Wildman–Crippen MR) is 142 cm³/mol. The van der Waals surface area contributed by atoms with E-state index >= 15 is 0 Å². The van der Waals surface area contributed by atoms with E-state index in [1.807, 2.05) is 12.1 Å². The lowest BCUT2D eigenvalue weighted by molar-refractivity contribution is -0.00584. The van der Waals surface area contributed by atoms with E-state index in [0.717, 1.165) is 63.6 Å². The highest BCUT2D eigenvalue weighted by molar-refractivity contribution is 6.32. The minimum Gasteiger partial charge on any atom is -0.382 e. The fraction of sp³-hybridized carbons (Fsp3) is 0.560. The molecule has 8 nitrogen and oxygen atoms in total. The third-order valence-corrected chi connectivity index (χ3v) is 8.01. The number of piperazine rings is 1. The first-order valence-electron chi connectivity index (χ1n) is 12.3. The van der Waals surface area contributed by atoms with Crippen LogP contribution in [-0.2, 0) is 6.54 Å². The van der Waals surface area contributed by atoms with Crippen LogP contribution >= 0.6 is 23.2 Å². The number of rotatable bonds is 6. The van der Waals surface area contributed by atoms with Gasteiger partial charge in [0.1, 0.15) is 0 Å². The van der Waals surface area contributed by atoms with Crippen LogP contribution in [0.2, 0.25) is 10.2 Å². The van der Waals surface area contributed by atoms with Crippen LogP contribution in [0.4, 0.5) is 11.6 Å². The van der Waals surface area contributed by atoms with Crippen LogP contribution in [0.1, 0.15) is 49.2 Å². The monoisotopic (exact) mass is 519 g/mol. The number of anilines is 2. The Morgan fingerprint density at radius 1 is 1.14 bits per heavy atom. The van der Waals surface area contributed by atoms with E-state index in [-0.39, 0.29) is 22.2 Å². The van der Waals surface area contributed by atoms with E-state index in [4.69, 9.17) is 28.9 Å². The Morgan fingerprint density at radius 3 is 2.46 bits per heavy atom. The van der Waals surface area contributed by atoms with Crippen molar-refractivity contribution in [1.82, 2.24) is 25.1 Å². The first kappa shape index (κ1) is 25.9. The van der Waals surface area contributed by atoms with Crippen LogP contribution in [0, 0.1) is 0 Å². The van der Waals surface area contributed by atoms with Gasteiger partial charge in [-0.3, -0.25) is 14.6 Å². The maximum absolute atomic E-state index is 12.0. The summed E-state index contributed by atoms with van der Waals surface area (Å²) >= 11 is 12.5. The minimum absolute atomic E-state index is 0.0600. The molecule has 1 atom stereocenters. The van der Waals surface area contributed by atoms with E-state index in [1.165, 1.54) is 12.6 Å². The number of aromatic nitrogens is 2. The SMILES string of the molecule is CC[C@H]1CN(c2nc(N)c(C(=O)NC)nc2Cl)CCN1C1(C)CCN(Cc2ccc(Cl)cc2)CC1. The quantitative estimate of drug-likeness (QED) is 0.601. The van der Waals surface area contributed by atoms with Crippen LogP contribution in [0.5, 0.6) is 0 Å². The van der Waals surface area contributed by atoms with E-state index < -0.39 is 5.91 Å². The number of amides is 1. The van der Waals surface area contributed by atoms with Gasteiger partial charge in [0.2, 0.25) is 0 Å². The van der Waals surface area contributed by atoms with Crippen LogP contribution in [0.3, 0.4) is 0 Å². The lowest BCUT2D eigenvalue weighted by Crippen LogP contribution is -2.63. The van der Waals surface area contributed by atoms with Crippen LogP contribution < -0.4 is 16.0 Å². The molecule has 0 saturated carbocycles. The van der Waals surface area contributed by atoms with Crippen LogP contribution in [-0.4, -0.2) is 77.0 Å². The summed E-state index contributed by atoms with van der Waals surface area (Å²) in [6, 6.07) is 8.53. The summed E-state index contributed by atoms with van der Waals surface area (Å²) in [4.78, 5) is 28.1. The maximum Gasteiger partial charge on any atom is 0.273 e. The van der Waals surface area contributed by atoms with Crippen molar-refractivity contribution in [3.05, 3.63) is 45.7 Å². The standard InChI is InChI=1S/C25H35Cl2N7O/c1-4-19-16-33(23-21(27)30-20(22(28)31-23)24(35)29-3)13-14-34(19)25(2)9-11-32(12-10-25)15-17-5-7-18(26)8-6-17/h5-8,19H,4,9-16H2,1-3H3,(H2,28,31)(H,29,35)/t19-/m0/s1. The second-order valence-corrected chi connectivity index (χ2v) is 10.5. The Hall–Kier alpha value is -2.13. The highest BCUT2D eigenvalue weighted by atomic mass is 35.5. The van der Waals surface area contributed by atoms with Gasteiger partial charge in [0.15, 0.2) is 22.5 Å². The molecule has 2 aliphatic heterocycles. The summed E-state index contributed by atoms with van der Waals surface area (Å²) in [5.41, 5.74) is 7.56. The van der Waals surface area contributed by atoms with Crippen molar-refractivity contribution in [3.63, 3.8) is 0 Å². The Labute approximate surface area is 217 Å². The molecule has 0 radical (unpaired) electrons. The fourth-order valence-electron chi connectivity index (χ4n) is 5.34. The molecule has 1 aromatic carbocycles. The third-order valence-electron chi connectivity index (χ3n) is 7.51. The van der Waals surface area contributed by atoms with Gasteiger partial charge in [-0.1, -0.05) is 42.3 Å². The summed E-state index contributed by atoms with van der Waals surface area (Å²) in [6.45, 7) is 10.3. The molecule has 0 aliphatic carbocycles. The molecule has 2 fully saturated rings. The number of nitrogens with two attached hydrogens (primary N) is 1. The van der Waals surface area contributed by atoms with Crippen molar-refractivity contribution < 1.29 is 4.79 Å². The zero-order valence-electron chi connectivity index (χ0n) is 20.7. The molecule has 3 heterocycles. The average Bonchev–Trinajstić information content (AvgIpc) is 2.87. The van der Waals surface area contributed by atoms with Crippen molar-refractivity contribution in [2.24, 2.45) is 0 Å². The molecule has 1 aromatic heterocycles. The predicted octanol–water partition coefficient (Wildman–Crippen LogP) is 3.68. The largest absolute Gasteiger partial charge is 0.382 e. The smallest absolute Gasteiger partial charge is 0.273 e. The molecule has 2 saturated heterocycles. The van der Waals surface area contributed by atoms with Gasteiger partial charge in [0, 0.05) is 62.9 Å². The lowest BCUT2D eigenvalue weighted by atomic mass is 9.85. The van der Waals surface area contributed by atoms with Gasteiger partial charge in [-0.2, -0.15) is 0 Å². The number of likely N-dealkylation sites (tertiary alicyclic amines) is 1.